The zero-order chi connectivity index (χ0) is 16.3. The van der Waals surface area contributed by atoms with Crippen molar-refractivity contribution >= 4 is 19.0 Å². The normalized spacial score (nSPS) is 18.1. The van der Waals surface area contributed by atoms with Gasteiger partial charge in [0.05, 0.1) is 11.5 Å². The Morgan fingerprint density at radius 3 is 2.86 bits per heavy atom. The van der Waals surface area contributed by atoms with E-state index in [9.17, 15) is 14.6 Å². The lowest BCUT2D eigenvalue weighted by Gasteiger charge is -2.29. The van der Waals surface area contributed by atoms with E-state index in [1.165, 1.54) is 6.07 Å². The number of fused-ring (bicyclic) bond motifs is 1. The van der Waals surface area contributed by atoms with Gasteiger partial charge in [0.25, 0.3) is 0 Å². The van der Waals surface area contributed by atoms with E-state index in [4.69, 9.17) is 9.76 Å². The smallest absolute Gasteiger partial charge is 0.534 e. The quantitative estimate of drug-likeness (QED) is 0.712. The van der Waals surface area contributed by atoms with Crippen LogP contribution in [0.25, 0.3) is 0 Å². The second-order valence-electron chi connectivity index (χ2n) is 5.70. The highest BCUT2D eigenvalue weighted by molar-refractivity contribution is 6.47. The molecular formula is C15H20BNO5. The Hall–Kier alpha value is -2.02. The lowest BCUT2D eigenvalue weighted by molar-refractivity contribution is -0.122. The summed E-state index contributed by atoms with van der Waals surface area (Å²) in [5, 5.41) is 21.9. The summed E-state index contributed by atoms with van der Waals surface area (Å²) in [4.78, 5) is 23.1. The van der Waals surface area contributed by atoms with Gasteiger partial charge in [0.15, 0.2) is 0 Å². The number of rotatable bonds is 5. The second kappa shape index (κ2) is 6.83. The van der Waals surface area contributed by atoms with E-state index in [2.05, 4.69) is 5.32 Å². The van der Waals surface area contributed by atoms with Crippen LogP contribution in [0, 0.1) is 5.92 Å². The van der Waals surface area contributed by atoms with Crippen molar-refractivity contribution < 1.29 is 24.4 Å². The number of hydrogen-bond acceptors (Lipinski definition) is 4. The fourth-order valence-electron chi connectivity index (χ4n) is 2.44. The number of hydrogen-bond donors (Lipinski definition) is 3. The van der Waals surface area contributed by atoms with E-state index in [1.54, 1.807) is 12.1 Å². The van der Waals surface area contributed by atoms with Gasteiger partial charge in [-0.25, -0.2) is 4.79 Å². The molecule has 1 aliphatic rings. The minimum atomic E-state index is -1.26. The molecule has 1 aromatic rings. The SMILES string of the molecule is CCC(C)CC(=O)NC1Cc2cccc(C(=O)O)c2OB1O. The fraction of sp³-hybridized carbons (Fsp3) is 0.467. The number of para-hydroxylation sites is 1. The van der Waals surface area contributed by atoms with E-state index in [-0.39, 0.29) is 23.1 Å². The molecule has 0 spiro atoms. The van der Waals surface area contributed by atoms with Gasteiger partial charge in [-0.05, 0) is 24.0 Å². The summed E-state index contributed by atoms with van der Waals surface area (Å²) >= 11 is 0. The lowest BCUT2D eigenvalue weighted by Crippen LogP contribution is -2.53. The Morgan fingerprint density at radius 1 is 1.50 bits per heavy atom. The van der Waals surface area contributed by atoms with Crippen LogP contribution in [-0.4, -0.2) is 35.1 Å². The highest BCUT2D eigenvalue weighted by atomic mass is 16.5. The number of carboxylic acid groups (broad SMARTS) is 1. The van der Waals surface area contributed by atoms with Crippen LogP contribution >= 0.6 is 0 Å². The summed E-state index contributed by atoms with van der Waals surface area (Å²) in [5.41, 5.74) is 0.681. The van der Waals surface area contributed by atoms with Crippen LogP contribution in [0.5, 0.6) is 5.75 Å². The highest BCUT2D eigenvalue weighted by Gasteiger charge is 2.37. The molecule has 2 unspecified atom stereocenters. The van der Waals surface area contributed by atoms with Crippen LogP contribution in [-0.2, 0) is 11.2 Å². The zero-order valence-corrected chi connectivity index (χ0v) is 12.7. The summed E-state index contributed by atoms with van der Waals surface area (Å²) in [6.07, 6.45) is 1.63. The third-order valence-electron chi connectivity index (χ3n) is 3.93. The first-order chi connectivity index (χ1) is 10.4. The average Bonchev–Trinajstić information content (AvgIpc) is 2.47. The monoisotopic (exact) mass is 305 g/mol. The molecule has 118 valence electrons. The Morgan fingerprint density at radius 2 is 2.23 bits per heavy atom. The number of carbonyl (C=O) groups is 2. The molecule has 1 aromatic carbocycles. The van der Waals surface area contributed by atoms with Crippen molar-refractivity contribution in [3.63, 3.8) is 0 Å². The summed E-state index contributed by atoms with van der Waals surface area (Å²) in [6.45, 7) is 4.00. The molecule has 0 aliphatic carbocycles. The molecule has 22 heavy (non-hydrogen) atoms. The molecule has 2 rings (SSSR count). The molecule has 3 N–H and O–H groups in total. The fourth-order valence-corrected chi connectivity index (χ4v) is 2.44. The minimum Gasteiger partial charge on any atom is -0.534 e. The zero-order valence-electron chi connectivity index (χ0n) is 12.7. The van der Waals surface area contributed by atoms with Crippen molar-refractivity contribution in [1.82, 2.24) is 5.32 Å². The maximum atomic E-state index is 11.9. The first-order valence-corrected chi connectivity index (χ1v) is 7.41. The Balaban J connectivity index is 2.11. The largest absolute Gasteiger partial charge is 0.547 e. The molecule has 0 bridgehead atoms. The molecule has 0 saturated heterocycles. The van der Waals surface area contributed by atoms with Crippen LogP contribution in [0.15, 0.2) is 18.2 Å². The third-order valence-corrected chi connectivity index (χ3v) is 3.93. The van der Waals surface area contributed by atoms with Gasteiger partial charge in [-0.2, -0.15) is 0 Å². The molecule has 7 heteroatoms. The van der Waals surface area contributed by atoms with Crippen LogP contribution in [0.4, 0.5) is 0 Å². The van der Waals surface area contributed by atoms with Gasteiger partial charge in [-0.1, -0.05) is 32.4 Å². The van der Waals surface area contributed by atoms with E-state index >= 15 is 0 Å². The van der Waals surface area contributed by atoms with Gasteiger partial charge in [-0.15, -0.1) is 0 Å². The number of aromatic carboxylic acids is 1. The molecule has 1 aliphatic heterocycles. The van der Waals surface area contributed by atoms with Crippen molar-refractivity contribution in [2.75, 3.05) is 0 Å². The van der Waals surface area contributed by atoms with E-state index in [0.717, 1.165) is 6.42 Å². The van der Waals surface area contributed by atoms with Crippen LogP contribution < -0.4 is 9.97 Å². The van der Waals surface area contributed by atoms with Gasteiger partial charge in [0.2, 0.25) is 5.91 Å². The minimum absolute atomic E-state index is 0.0148. The van der Waals surface area contributed by atoms with Crippen molar-refractivity contribution in [2.45, 2.75) is 39.1 Å². The van der Waals surface area contributed by atoms with Crippen LogP contribution in [0.1, 0.15) is 42.6 Å². The number of carbonyl (C=O) groups excluding carboxylic acids is 1. The predicted octanol–water partition coefficient (Wildman–Crippen LogP) is 1.26. The Kier molecular flexibility index (Phi) is 5.08. The van der Waals surface area contributed by atoms with Gasteiger partial charge in [0.1, 0.15) is 5.75 Å². The molecule has 6 nitrogen and oxygen atoms in total. The number of amides is 1. The van der Waals surface area contributed by atoms with Crippen molar-refractivity contribution in [3.8, 4) is 5.75 Å². The Labute approximate surface area is 129 Å². The molecule has 0 fully saturated rings. The van der Waals surface area contributed by atoms with Crippen LogP contribution in [0.2, 0.25) is 0 Å². The maximum absolute atomic E-state index is 11.9. The highest BCUT2D eigenvalue weighted by Crippen LogP contribution is 2.30. The molecule has 0 radical (unpaired) electrons. The molecule has 0 aromatic heterocycles. The van der Waals surface area contributed by atoms with E-state index in [0.29, 0.717) is 18.4 Å². The van der Waals surface area contributed by atoms with Gasteiger partial charge < -0.3 is 20.1 Å². The van der Waals surface area contributed by atoms with Crippen molar-refractivity contribution in [3.05, 3.63) is 29.3 Å². The molecular weight excluding hydrogens is 285 g/mol. The predicted molar refractivity (Wildman–Crippen MR) is 81.7 cm³/mol. The molecule has 0 saturated carbocycles. The summed E-state index contributed by atoms with van der Waals surface area (Å²) in [5.74, 6) is -1.38. The van der Waals surface area contributed by atoms with Crippen LogP contribution in [0.3, 0.4) is 0 Å². The number of benzene rings is 1. The van der Waals surface area contributed by atoms with Crippen molar-refractivity contribution in [2.24, 2.45) is 5.92 Å². The lowest BCUT2D eigenvalue weighted by atomic mass is 9.72. The molecule has 2 atom stereocenters. The van der Waals surface area contributed by atoms with Gasteiger partial charge >= 0.3 is 13.1 Å². The topological polar surface area (TPSA) is 95.9 Å². The van der Waals surface area contributed by atoms with E-state index in [1.807, 2.05) is 13.8 Å². The average molecular weight is 305 g/mol. The second-order valence-corrected chi connectivity index (χ2v) is 5.70. The van der Waals surface area contributed by atoms with Gasteiger partial charge in [0, 0.05) is 6.42 Å². The van der Waals surface area contributed by atoms with E-state index < -0.39 is 19.0 Å². The number of nitrogens with one attached hydrogen (secondary N) is 1. The first-order valence-electron chi connectivity index (χ1n) is 7.41. The summed E-state index contributed by atoms with van der Waals surface area (Å²) in [6, 6.07) is 4.79. The van der Waals surface area contributed by atoms with Gasteiger partial charge in [-0.3, -0.25) is 4.79 Å². The standard InChI is InChI=1S/C15H20BNO5/c1-3-9(2)7-13(18)17-12-8-10-5-4-6-11(15(19)20)14(10)22-16(12)21/h4-6,9,12,21H,3,7-8H2,1-2H3,(H,17,18)(H,19,20). The Bertz CT molecular complexity index is 577. The third kappa shape index (κ3) is 3.60. The number of carboxylic acids is 1. The van der Waals surface area contributed by atoms with Crippen molar-refractivity contribution in [1.29, 1.82) is 0 Å². The first kappa shape index (κ1) is 16.4. The summed E-state index contributed by atoms with van der Waals surface area (Å²) < 4.78 is 5.33. The summed E-state index contributed by atoms with van der Waals surface area (Å²) in [7, 11) is -1.26. The molecule has 1 heterocycles. The maximum Gasteiger partial charge on any atom is 0.547 e. The molecule has 1 amide bonds.